The minimum Gasteiger partial charge on any atom is -0.411 e. The molecule has 0 unspecified atom stereocenters. The molecular weight excluding hydrogens is 340 g/mol. The van der Waals surface area contributed by atoms with Crippen molar-refractivity contribution in [3.63, 3.8) is 0 Å². The molecule has 0 aliphatic heterocycles. The van der Waals surface area contributed by atoms with Gasteiger partial charge in [-0.15, -0.1) is 10.2 Å². The third kappa shape index (κ3) is 5.60. The first-order valence-corrected chi connectivity index (χ1v) is 8.82. The number of amides is 2. The highest BCUT2D eigenvalue weighted by molar-refractivity contribution is 7.99. The van der Waals surface area contributed by atoms with Crippen LogP contribution in [0, 0.1) is 0 Å². The number of nitrogens with zero attached hydrogens (tertiary/aromatic N) is 2. The Kier molecular flexibility index (Phi) is 6.19. The molecule has 1 heterocycles. The molecule has 0 spiro atoms. The Morgan fingerprint density at radius 1 is 1.12 bits per heavy atom. The Morgan fingerprint density at radius 2 is 1.80 bits per heavy atom. The summed E-state index contributed by atoms with van der Waals surface area (Å²) in [6.07, 6.45) is 0. The van der Waals surface area contributed by atoms with E-state index in [0.717, 1.165) is 17.3 Å². The smallest absolute Gasteiger partial charge is 0.277 e. The summed E-state index contributed by atoms with van der Waals surface area (Å²) in [5.74, 6) is -0.0181. The summed E-state index contributed by atoms with van der Waals surface area (Å²) in [5, 5.41) is 13.2. The molecule has 2 N–H and O–H groups in total. The quantitative estimate of drug-likeness (QED) is 0.763. The Balaban J connectivity index is 1.91. The molecule has 8 heteroatoms. The third-order valence-electron chi connectivity index (χ3n) is 3.46. The van der Waals surface area contributed by atoms with Gasteiger partial charge in [0, 0.05) is 12.6 Å². The van der Waals surface area contributed by atoms with E-state index in [9.17, 15) is 9.59 Å². The lowest BCUT2D eigenvalue weighted by Crippen LogP contribution is -2.35. The SMILES string of the molecule is CNC(=O)CNC(=O)CSc1nnc(-c2ccc(C(C)(C)C)cc2)o1. The van der Waals surface area contributed by atoms with Crippen molar-refractivity contribution in [2.75, 3.05) is 19.3 Å². The van der Waals surface area contributed by atoms with E-state index in [-0.39, 0.29) is 29.5 Å². The van der Waals surface area contributed by atoms with Crippen LogP contribution in [0.15, 0.2) is 33.9 Å². The van der Waals surface area contributed by atoms with E-state index in [4.69, 9.17) is 4.42 Å². The van der Waals surface area contributed by atoms with Crippen LogP contribution < -0.4 is 10.6 Å². The number of hydrogen-bond donors (Lipinski definition) is 2. The number of aromatic nitrogens is 2. The molecule has 134 valence electrons. The topological polar surface area (TPSA) is 97.1 Å². The lowest BCUT2D eigenvalue weighted by Gasteiger charge is -2.18. The van der Waals surface area contributed by atoms with Gasteiger partial charge in [0.05, 0.1) is 12.3 Å². The Hall–Kier alpha value is -2.35. The van der Waals surface area contributed by atoms with Crippen molar-refractivity contribution in [1.82, 2.24) is 20.8 Å². The second-order valence-electron chi connectivity index (χ2n) is 6.44. The molecule has 2 amide bonds. The number of carbonyl (C=O) groups is 2. The predicted octanol–water partition coefficient (Wildman–Crippen LogP) is 1.99. The summed E-state index contributed by atoms with van der Waals surface area (Å²) >= 11 is 1.13. The highest BCUT2D eigenvalue weighted by Crippen LogP contribution is 2.27. The average molecular weight is 362 g/mol. The van der Waals surface area contributed by atoms with E-state index >= 15 is 0 Å². The van der Waals surface area contributed by atoms with Crippen LogP contribution in [0.1, 0.15) is 26.3 Å². The van der Waals surface area contributed by atoms with Crippen LogP contribution in [-0.2, 0) is 15.0 Å². The summed E-state index contributed by atoms with van der Waals surface area (Å²) in [4.78, 5) is 22.7. The number of benzene rings is 1. The molecule has 0 bridgehead atoms. The number of rotatable bonds is 6. The maximum Gasteiger partial charge on any atom is 0.277 e. The van der Waals surface area contributed by atoms with Crippen molar-refractivity contribution >= 4 is 23.6 Å². The van der Waals surface area contributed by atoms with Gasteiger partial charge in [-0.1, -0.05) is 44.7 Å². The van der Waals surface area contributed by atoms with Crippen molar-refractivity contribution in [3.8, 4) is 11.5 Å². The Labute approximate surface area is 151 Å². The van der Waals surface area contributed by atoms with Crippen molar-refractivity contribution in [3.05, 3.63) is 29.8 Å². The monoisotopic (exact) mass is 362 g/mol. The zero-order valence-corrected chi connectivity index (χ0v) is 15.6. The molecule has 0 aliphatic carbocycles. The van der Waals surface area contributed by atoms with Crippen LogP contribution in [0.25, 0.3) is 11.5 Å². The predicted molar refractivity (Wildman–Crippen MR) is 96.2 cm³/mol. The normalized spacial score (nSPS) is 11.2. The van der Waals surface area contributed by atoms with E-state index in [1.165, 1.54) is 12.6 Å². The maximum atomic E-state index is 11.6. The second-order valence-corrected chi connectivity index (χ2v) is 7.37. The van der Waals surface area contributed by atoms with Crippen molar-refractivity contribution < 1.29 is 14.0 Å². The molecule has 1 aromatic carbocycles. The van der Waals surface area contributed by atoms with Gasteiger partial charge in [0.15, 0.2) is 0 Å². The minimum atomic E-state index is -0.275. The van der Waals surface area contributed by atoms with Gasteiger partial charge in [0.2, 0.25) is 17.7 Å². The number of nitrogens with one attached hydrogen (secondary N) is 2. The lowest BCUT2D eigenvalue weighted by atomic mass is 9.87. The summed E-state index contributed by atoms with van der Waals surface area (Å²) in [5.41, 5.74) is 2.13. The van der Waals surface area contributed by atoms with Crippen LogP contribution in [0.3, 0.4) is 0 Å². The van der Waals surface area contributed by atoms with Crippen molar-refractivity contribution in [1.29, 1.82) is 0 Å². The molecular formula is C17H22N4O3S. The first-order valence-electron chi connectivity index (χ1n) is 7.84. The fraction of sp³-hybridized carbons (Fsp3) is 0.412. The average Bonchev–Trinajstić information content (AvgIpc) is 3.06. The highest BCUT2D eigenvalue weighted by atomic mass is 32.2. The van der Waals surface area contributed by atoms with Gasteiger partial charge in [0.1, 0.15) is 0 Å². The molecule has 25 heavy (non-hydrogen) atoms. The summed E-state index contributed by atoms with van der Waals surface area (Å²) in [6.45, 7) is 6.40. The van der Waals surface area contributed by atoms with E-state index in [0.29, 0.717) is 11.1 Å². The van der Waals surface area contributed by atoms with E-state index in [1.54, 1.807) is 0 Å². The third-order valence-corrected chi connectivity index (χ3v) is 4.27. The van der Waals surface area contributed by atoms with Gasteiger partial charge in [-0.3, -0.25) is 9.59 Å². The Morgan fingerprint density at radius 3 is 2.40 bits per heavy atom. The van der Waals surface area contributed by atoms with Gasteiger partial charge in [-0.2, -0.15) is 0 Å². The number of hydrogen-bond acceptors (Lipinski definition) is 6. The van der Waals surface area contributed by atoms with Gasteiger partial charge < -0.3 is 15.1 Å². The van der Waals surface area contributed by atoms with Gasteiger partial charge in [0.25, 0.3) is 5.22 Å². The maximum absolute atomic E-state index is 11.6. The van der Waals surface area contributed by atoms with Gasteiger partial charge in [-0.05, 0) is 23.1 Å². The standard InChI is InChI=1S/C17H22N4O3S/c1-17(2,3)12-7-5-11(6-8-12)15-20-21-16(24-15)25-10-14(23)19-9-13(22)18-4/h5-8H,9-10H2,1-4H3,(H,18,22)(H,19,23). The zero-order chi connectivity index (χ0) is 18.4. The van der Waals surface area contributed by atoms with E-state index in [1.807, 2.05) is 24.3 Å². The molecule has 2 aromatic rings. The molecule has 0 atom stereocenters. The van der Waals surface area contributed by atoms with Crippen LogP contribution >= 0.6 is 11.8 Å². The second kappa shape index (κ2) is 8.15. The largest absolute Gasteiger partial charge is 0.411 e. The van der Waals surface area contributed by atoms with E-state index in [2.05, 4.69) is 41.6 Å². The van der Waals surface area contributed by atoms with Crippen molar-refractivity contribution in [2.45, 2.75) is 31.4 Å². The highest BCUT2D eigenvalue weighted by Gasteiger charge is 2.15. The number of thioether (sulfide) groups is 1. The van der Waals surface area contributed by atoms with Gasteiger partial charge in [-0.25, -0.2) is 0 Å². The molecule has 0 radical (unpaired) electrons. The van der Waals surface area contributed by atoms with Crippen molar-refractivity contribution in [2.24, 2.45) is 0 Å². The summed E-state index contributed by atoms with van der Waals surface area (Å²) in [7, 11) is 1.51. The zero-order valence-electron chi connectivity index (χ0n) is 14.8. The van der Waals surface area contributed by atoms with E-state index < -0.39 is 0 Å². The minimum absolute atomic E-state index is 0.0505. The van der Waals surface area contributed by atoms with Crippen LogP contribution in [-0.4, -0.2) is 41.4 Å². The van der Waals surface area contributed by atoms with Gasteiger partial charge >= 0.3 is 0 Å². The van der Waals surface area contributed by atoms with Crippen LogP contribution in [0.4, 0.5) is 0 Å². The summed E-state index contributed by atoms with van der Waals surface area (Å²) in [6, 6.07) is 7.97. The molecule has 0 saturated heterocycles. The number of carbonyl (C=O) groups excluding carboxylic acids is 2. The molecule has 1 aromatic heterocycles. The molecule has 0 fully saturated rings. The molecule has 7 nitrogen and oxygen atoms in total. The number of likely N-dealkylation sites (N-methyl/N-ethyl adjacent to an activating group) is 1. The van der Waals surface area contributed by atoms with Crippen LogP contribution in [0.2, 0.25) is 0 Å². The van der Waals surface area contributed by atoms with Crippen LogP contribution in [0.5, 0.6) is 0 Å². The first-order chi connectivity index (χ1) is 11.8. The fourth-order valence-electron chi connectivity index (χ4n) is 1.94. The summed E-state index contributed by atoms with van der Waals surface area (Å²) < 4.78 is 5.57. The fourth-order valence-corrected chi connectivity index (χ4v) is 2.54. The Bertz CT molecular complexity index is 735. The molecule has 0 aliphatic rings. The lowest BCUT2D eigenvalue weighted by molar-refractivity contribution is -0.124. The molecule has 2 rings (SSSR count). The first kappa shape index (κ1) is 19.0. The molecule has 0 saturated carbocycles.